The summed E-state index contributed by atoms with van der Waals surface area (Å²) in [5.74, 6) is -0.734. The number of benzene rings is 3. The number of carbonyl (C=O) groups excluding carboxylic acids is 2. The number of sulfonamides is 1. The summed E-state index contributed by atoms with van der Waals surface area (Å²) in [6.07, 6.45) is 2.70. The zero-order valence-electron chi connectivity index (χ0n) is 23.3. The normalized spacial score (nSPS) is 12.0. The lowest BCUT2D eigenvalue weighted by Crippen LogP contribution is -2.52. The van der Waals surface area contributed by atoms with Gasteiger partial charge in [0, 0.05) is 18.1 Å². The van der Waals surface area contributed by atoms with Gasteiger partial charge in [0.15, 0.2) is 0 Å². The molecular weight excluding hydrogens is 546 g/mol. The van der Waals surface area contributed by atoms with Crippen molar-refractivity contribution in [2.45, 2.75) is 63.9 Å². The molecule has 1 atom stereocenters. The highest BCUT2D eigenvalue weighted by Gasteiger charge is 2.34. The van der Waals surface area contributed by atoms with E-state index in [1.54, 1.807) is 54.6 Å². The molecule has 3 aromatic rings. The second kappa shape index (κ2) is 14.9. The Labute approximate surface area is 243 Å². The zero-order chi connectivity index (χ0) is 29.1. The van der Waals surface area contributed by atoms with Crippen LogP contribution in [0.4, 0.5) is 5.69 Å². The summed E-state index contributed by atoms with van der Waals surface area (Å²) in [7, 11) is -4.10. The first-order valence-corrected chi connectivity index (χ1v) is 15.5. The van der Waals surface area contributed by atoms with E-state index in [2.05, 4.69) is 5.32 Å². The monoisotopic (exact) mass is 583 g/mol. The first-order chi connectivity index (χ1) is 19.2. The van der Waals surface area contributed by atoms with Gasteiger partial charge in [0.05, 0.1) is 10.6 Å². The van der Waals surface area contributed by atoms with Gasteiger partial charge in [-0.3, -0.25) is 13.9 Å². The summed E-state index contributed by atoms with van der Waals surface area (Å²) in [6.45, 7) is 6.00. The SMILES string of the molecule is CCCCNC(=O)[C@H](CC)N(Cc1ccc(Cl)cc1)C(=O)CN(c1ccccc1CC)S(=O)(=O)c1ccccc1. The molecule has 40 heavy (non-hydrogen) atoms. The number of nitrogens with one attached hydrogen (secondary N) is 1. The number of amides is 2. The quantitative estimate of drug-likeness (QED) is 0.242. The van der Waals surface area contributed by atoms with Gasteiger partial charge in [-0.1, -0.05) is 87.3 Å². The molecule has 3 rings (SSSR count). The number of unbranched alkanes of at least 4 members (excludes halogenated alkanes) is 1. The fraction of sp³-hybridized carbons (Fsp3) is 0.355. The zero-order valence-corrected chi connectivity index (χ0v) is 24.9. The first-order valence-electron chi connectivity index (χ1n) is 13.7. The molecule has 0 aromatic heterocycles. The van der Waals surface area contributed by atoms with Crippen molar-refractivity contribution >= 4 is 39.1 Å². The Balaban J connectivity index is 2.05. The van der Waals surface area contributed by atoms with Crippen molar-refractivity contribution in [3.05, 3.63) is 95.0 Å². The summed E-state index contributed by atoms with van der Waals surface area (Å²) in [6, 6.07) is 21.5. The van der Waals surface area contributed by atoms with E-state index in [4.69, 9.17) is 11.6 Å². The molecule has 0 spiro atoms. The number of hydrogen-bond acceptors (Lipinski definition) is 4. The summed E-state index contributed by atoms with van der Waals surface area (Å²) in [4.78, 5) is 28.9. The van der Waals surface area contributed by atoms with E-state index in [1.165, 1.54) is 21.3 Å². The second-order valence-corrected chi connectivity index (χ2v) is 11.8. The number of hydrogen-bond donors (Lipinski definition) is 1. The molecule has 214 valence electrons. The third-order valence-electron chi connectivity index (χ3n) is 6.73. The summed E-state index contributed by atoms with van der Waals surface area (Å²) in [5.41, 5.74) is 2.02. The Hall–Kier alpha value is -3.36. The largest absolute Gasteiger partial charge is 0.354 e. The lowest BCUT2D eigenvalue weighted by atomic mass is 10.1. The average Bonchev–Trinajstić information content (AvgIpc) is 2.97. The van der Waals surface area contributed by atoms with Gasteiger partial charge in [0.1, 0.15) is 12.6 Å². The fourth-order valence-corrected chi connectivity index (χ4v) is 6.10. The summed E-state index contributed by atoms with van der Waals surface area (Å²) < 4.78 is 29.1. The highest BCUT2D eigenvalue weighted by atomic mass is 35.5. The fourth-order valence-electron chi connectivity index (χ4n) is 4.50. The van der Waals surface area contributed by atoms with Gasteiger partial charge in [0.2, 0.25) is 11.8 Å². The van der Waals surface area contributed by atoms with Crippen molar-refractivity contribution in [1.29, 1.82) is 0 Å². The Morgan fingerprint density at radius 3 is 2.17 bits per heavy atom. The number of carbonyl (C=O) groups is 2. The van der Waals surface area contributed by atoms with Crippen LogP contribution >= 0.6 is 11.6 Å². The molecule has 2 amide bonds. The van der Waals surface area contributed by atoms with Gasteiger partial charge < -0.3 is 10.2 Å². The van der Waals surface area contributed by atoms with Gasteiger partial charge in [0.25, 0.3) is 10.0 Å². The summed E-state index contributed by atoms with van der Waals surface area (Å²) >= 11 is 6.08. The van der Waals surface area contributed by atoms with Gasteiger partial charge in [-0.15, -0.1) is 0 Å². The molecule has 0 unspecified atom stereocenters. The smallest absolute Gasteiger partial charge is 0.264 e. The Bertz CT molecular complexity index is 1360. The van der Waals surface area contributed by atoms with Crippen LogP contribution in [0, 0.1) is 0 Å². The van der Waals surface area contributed by atoms with E-state index < -0.39 is 28.5 Å². The molecule has 0 fully saturated rings. The van der Waals surface area contributed by atoms with Crippen LogP contribution in [-0.2, 0) is 32.6 Å². The highest BCUT2D eigenvalue weighted by Crippen LogP contribution is 2.28. The highest BCUT2D eigenvalue weighted by molar-refractivity contribution is 7.92. The number of nitrogens with zero attached hydrogens (tertiary/aromatic N) is 2. The molecule has 0 radical (unpaired) electrons. The van der Waals surface area contributed by atoms with E-state index >= 15 is 0 Å². The Morgan fingerprint density at radius 2 is 1.55 bits per heavy atom. The lowest BCUT2D eigenvalue weighted by molar-refractivity contribution is -0.140. The van der Waals surface area contributed by atoms with Crippen molar-refractivity contribution < 1.29 is 18.0 Å². The van der Waals surface area contributed by atoms with Crippen LogP contribution in [0.1, 0.15) is 51.2 Å². The van der Waals surface area contributed by atoms with Crippen molar-refractivity contribution in [2.24, 2.45) is 0 Å². The third kappa shape index (κ3) is 7.86. The standard InChI is InChI=1S/C31H38ClN3O4S/c1-4-7-21-33-31(37)28(6-3)34(22-24-17-19-26(32)20-18-24)30(36)23-35(29-16-12-11-13-25(29)5-2)40(38,39)27-14-9-8-10-15-27/h8-20,28H,4-7,21-23H2,1-3H3,(H,33,37)/t28-/m0/s1. The predicted octanol–water partition coefficient (Wildman–Crippen LogP) is 5.82. The van der Waals surface area contributed by atoms with Crippen LogP contribution in [0.2, 0.25) is 5.02 Å². The molecule has 3 aromatic carbocycles. The Kier molecular flexibility index (Phi) is 11.6. The minimum atomic E-state index is -4.10. The second-order valence-electron chi connectivity index (χ2n) is 9.52. The molecule has 0 aliphatic rings. The number of anilines is 1. The van der Waals surface area contributed by atoms with E-state index in [9.17, 15) is 18.0 Å². The maximum Gasteiger partial charge on any atom is 0.264 e. The van der Waals surface area contributed by atoms with Gasteiger partial charge in [-0.05, 0) is 60.7 Å². The summed E-state index contributed by atoms with van der Waals surface area (Å²) in [5, 5.41) is 3.50. The minimum absolute atomic E-state index is 0.0855. The number of halogens is 1. The van der Waals surface area contributed by atoms with Crippen LogP contribution in [0.5, 0.6) is 0 Å². The molecule has 0 saturated heterocycles. The number of aryl methyl sites for hydroxylation is 1. The van der Waals surface area contributed by atoms with Crippen LogP contribution in [0.25, 0.3) is 0 Å². The Morgan fingerprint density at radius 1 is 0.900 bits per heavy atom. The van der Waals surface area contributed by atoms with Crippen LogP contribution in [0.15, 0.2) is 83.8 Å². The predicted molar refractivity (Wildman–Crippen MR) is 161 cm³/mol. The minimum Gasteiger partial charge on any atom is -0.354 e. The van der Waals surface area contributed by atoms with Crippen LogP contribution in [0.3, 0.4) is 0 Å². The molecule has 0 aliphatic carbocycles. The maximum absolute atomic E-state index is 14.1. The van der Waals surface area contributed by atoms with Crippen molar-refractivity contribution in [3.8, 4) is 0 Å². The van der Waals surface area contributed by atoms with Gasteiger partial charge >= 0.3 is 0 Å². The molecular formula is C31H38ClN3O4S. The van der Waals surface area contributed by atoms with Crippen molar-refractivity contribution in [1.82, 2.24) is 10.2 Å². The topological polar surface area (TPSA) is 86.8 Å². The van der Waals surface area contributed by atoms with Gasteiger partial charge in [-0.2, -0.15) is 0 Å². The van der Waals surface area contributed by atoms with Crippen LogP contribution < -0.4 is 9.62 Å². The average molecular weight is 584 g/mol. The van der Waals surface area contributed by atoms with E-state index in [-0.39, 0.29) is 17.3 Å². The molecule has 0 heterocycles. The van der Waals surface area contributed by atoms with Crippen molar-refractivity contribution in [2.75, 3.05) is 17.4 Å². The van der Waals surface area contributed by atoms with Crippen LogP contribution in [-0.4, -0.2) is 44.3 Å². The van der Waals surface area contributed by atoms with E-state index in [0.29, 0.717) is 30.1 Å². The molecule has 1 N–H and O–H groups in total. The van der Waals surface area contributed by atoms with E-state index in [0.717, 1.165) is 24.0 Å². The number of para-hydroxylation sites is 1. The molecule has 9 heteroatoms. The van der Waals surface area contributed by atoms with Gasteiger partial charge in [-0.25, -0.2) is 8.42 Å². The lowest BCUT2D eigenvalue weighted by Gasteiger charge is -2.33. The third-order valence-corrected chi connectivity index (χ3v) is 8.76. The molecule has 0 bridgehead atoms. The van der Waals surface area contributed by atoms with E-state index in [1.807, 2.05) is 32.9 Å². The molecule has 0 saturated carbocycles. The number of rotatable bonds is 14. The molecule has 7 nitrogen and oxygen atoms in total. The van der Waals surface area contributed by atoms with Crippen molar-refractivity contribution in [3.63, 3.8) is 0 Å². The maximum atomic E-state index is 14.1. The first kappa shape index (κ1) is 31.2. The molecule has 0 aliphatic heterocycles.